The fourth-order valence-corrected chi connectivity index (χ4v) is 3.17. The van der Waals surface area contributed by atoms with Gasteiger partial charge in [0.2, 0.25) is 0 Å². The van der Waals surface area contributed by atoms with Crippen molar-refractivity contribution in [1.82, 2.24) is 0 Å². The summed E-state index contributed by atoms with van der Waals surface area (Å²) in [4.78, 5) is 21.2. The first kappa shape index (κ1) is 14.6. The molecular formula is C13H16N2O4S. The first-order chi connectivity index (χ1) is 9.47. The maximum absolute atomic E-state index is 10.9. The molecule has 0 unspecified atom stereocenters. The molecule has 0 spiro atoms. The Morgan fingerprint density at radius 1 is 1.55 bits per heavy atom. The molecule has 0 amide bonds. The average Bonchev–Trinajstić information content (AvgIpc) is 2.37. The zero-order valence-corrected chi connectivity index (χ0v) is 11.9. The number of anilines is 1. The van der Waals surface area contributed by atoms with E-state index < -0.39 is 10.9 Å². The van der Waals surface area contributed by atoms with Crippen molar-refractivity contribution in [3.63, 3.8) is 0 Å². The van der Waals surface area contributed by atoms with Crippen molar-refractivity contribution in [3.05, 3.63) is 33.9 Å². The second kappa shape index (κ2) is 5.70. The highest BCUT2D eigenvalue weighted by Crippen LogP contribution is 2.42. The summed E-state index contributed by atoms with van der Waals surface area (Å²) in [7, 11) is 0. The zero-order chi connectivity index (χ0) is 14.8. The Morgan fingerprint density at radius 3 is 2.70 bits per heavy atom. The summed E-state index contributed by atoms with van der Waals surface area (Å²) in [5.41, 5.74) is -0.0832. The lowest BCUT2D eigenvalue weighted by Gasteiger charge is -2.40. The highest BCUT2D eigenvalue weighted by atomic mass is 32.2. The van der Waals surface area contributed by atoms with Gasteiger partial charge in [0.15, 0.2) is 0 Å². The number of thioether (sulfide) groups is 1. The van der Waals surface area contributed by atoms with E-state index in [0.29, 0.717) is 5.69 Å². The predicted molar refractivity (Wildman–Crippen MR) is 78.6 cm³/mol. The minimum Gasteiger partial charge on any atom is -0.477 e. The number of hydrogen-bond donors (Lipinski definition) is 2. The van der Waals surface area contributed by atoms with E-state index in [-0.39, 0.29) is 16.0 Å². The number of hydrogen-bond acceptors (Lipinski definition) is 5. The van der Waals surface area contributed by atoms with Crippen molar-refractivity contribution < 1.29 is 14.8 Å². The van der Waals surface area contributed by atoms with Gasteiger partial charge in [0.1, 0.15) is 5.56 Å². The number of nitro benzene ring substituents is 1. The first-order valence-corrected chi connectivity index (χ1v) is 7.51. The second-order valence-corrected chi connectivity index (χ2v) is 6.16. The Kier molecular flexibility index (Phi) is 4.17. The van der Waals surface area contributed by atoms with Gasteiger partial charge in [0.05, 0.1) is 4.92 Å². The SMILES string of the molecule is CSC1(CNc2ccc(C(=O)O)c([N+](=O)[O-])c2)CCC1. The molecule has 0 radical (unpaired) electrons. The van der Waals surface area contributed by atoms with Crippen LogP contribution in [0.15, 0.2) is 18.2 Å². The maximum atomic E-state index is 10.9. The topological polar surface area (TPSA) is 92.5 Å². The van der Waals surface area contributed by atoms with E-state index in [0.717, 1.165) is 19.4 Å². The van der Waals surface area contributed by atoms with Gasteiger partial charge in [-0.2, -0.15) is 11.8 Å². The van der Waals surface area contributed by atoms with Crippen LogP contribution in [-0.2, 0) is 0 Å². The summed E-state index contributed by atoms with van der Waals surface area (Å²) in [6.45, 7) is 0.734. The molecule has 1 aromatic rings. The lowest BCUT2D eigenvalue weighted by molar-refractivity contribution is -0.385. The van der Waals surface area contributed by atoms with E-state index in [9.17, 15) is 14.9 Å². The third-order valence-electron chi connectivity index (χ3n) is 3.74. The van der Waals surface area contributed by atoms with Crippen LogP contribution in [0, 0.1) is 10.1 Å². The minimum atomic E-state index is -1.29. The summed E-state index contributed by atoms with van der Waals surface area (Å²) < 4.78 is 0.209. The molecule has 20 heavy (non-hydrogen) atoms. The molecule has 1 aliphatic carbocycles. The number of carboxylic acids is 1. The van der Waals surface area contributed by atoms with Crippen molar-refractivity contribution in [3.8, 4) is 0 Å². The molecule has 2 N–H and O–H groups in total. The van der Waals surface area contributed by atoms with E-state index in [1.165, 1.54) is 18.6 Å². The second-order valence-electron chi connectivity index (χ2n) is 4.89. The van der Waals surface area contributed by atoms with Crippen LogP contribution in [0.5, 0.6) is 0 Å². The largest absolute Gasteiger partial charge is 0.477 e. The Labute approximate surface area is 120 Å². The molecule has 0 bridgehead atoms. The lowest BCUT2D eigenvalue weighted by Crippen LogP contribution is -2.40. The average molecular weight is 296 g/mol. The van der Waals surface area contributed by atoms with Crippen LogP contribution in [0.4, 0.5) is 11.4 Å². The quantitative estimate of drug-likeness (QED) is 0.619. The van der Waals surface area contributed by atoms with Gasteiger partial charge < -0.3 is 10.4 Å². The van der Waals surface area contributed by atoms with Crippen LogP contribution in [0.2, 0.25) is 0 Å². The first-order valence-electron chi connectivity index (χ1n) is 6.28. The van der Waals surface area contributed by atoms with Gasteiger partial charge in [-0.15, -0.1) is 0 Å². The van der Waals surface area contributed by atoms with Crippen molar-refractivity contribution in [2.24, 2.45) is 0 Å². The van der Waals surface area contributed by atoms with Gasteiger partial charge in [-0.1, -0.05) is 6.42 Å². The molecule has 0 heterocycles. The van der Waals surface area contributed by atoms with Crippen LogP contribution in [0.25, 0.3) is 0 Å². The molecule has 108 valence electrons. The zero-order valence-electron chi connectivity index (χ0n) is 11.1. The van der Waals surface area contributed by atoms with Crippen LogP contribution in [-0.4, -0.2) is 33.5 Å². The van der Waals surface area contributed by atoms with Gasteiger partial charge in [-0.3, -0.25) is 10.1 Å². The monoisotopic (exact) mass is 296 g/mol. The third kappa shape index (κ3) is 2.87. The molecule has 0 atom stereocenters. The third-order valence-corrected chi connectivity index (χ3v) is 5.16. The highest BCUT2D eigenvalue weighted by Gasteiger charge is 2.35. The van der Waals surface area contributed by atoms with E-state index in [4.69, 9.17) is 5.11 Å². The molecule has 0 saturated heterocycles. The van der Waals surface area contributed by atoms with Gasteiger partial charge in [0.25, 0.3) is 5.69 Å². The van der Waals surface area contributed by atoms with E-state index in [1.807, 2.05) is 0 Å². The number of rotatable bonds is 6. The number of carboxylic acid groups (broad SMARTS) is 1. The number of benzene rings is 1. The summed E-state index contributed by atoms with van der Waals surface area (Å²) in [6.07, 6.45) is 5.55. The smallest absolute Gasteiger partial charge is 0.342 e. The Balaban J connectivity index is 2.15. The minimum absolute atomic E-state index is 0.209. The Morgan fingerprint density at radius 2 is 2.25 bits per heavy atom. The van der Waals surface area contributed by atoms with Crippen molar-refractivity contribution in [2.75, 3.05) is 18.1 Å². The molecule has 7 heteroatoms. The van der Waals surface area contributed by atoms with Gasteiger partial charge in [0, 0.05) is 23.0 Å². The molecular weight excluding hydrogens is 280 g/mol. The molecule has 1 fully saturated rings. The van der Waals surface area contributed by atoms with Crippen LogP contribution < -0.4 is 5.32 Å². The molecule has 1 saturated carbocycles. The Bertz CT molecular complexity index is 538. The van der Waals surface area contributed by atoms with Crippen LogP contribution >= 0.6 is 11.8 Å². The van der Waals surface area contributed by atoms with Crippen LogP contribution in [0.1, 0.15) is 29.6 Å². The van der Waals surface area contributed by atoms with E-state index >= 15 is 0 Å². The number of nitrogens with zero attached hydrogens (tertiary/aromatic N) is 1. The fraction of sp³-hybridized carbons (Fsp3) is 0.462. The summed E-state index contributed by atoms with van der Waals surface area (Å²) in [5.74, 6) is -1.29. The molecule has 1 aliphatic rings. The lowest BCUT2D eigenvalue weighted by atomic mass is 9.84. The number of carbonyl (C=O) groups is 1. The maximum Gasteiger partial charge on any atom is 0.342 e. The molecule has 0 aromatic heterocycles. The van der Waals surface area contributed by atoms with Crippen molar-refractivity contribution in [1.29, 1.82) is 0 Å². The van der Waals surface area contributed by atoms with Gasteiger partial charge in [-0.05, 0) is 31.2 Å². The van der Waals surface area contributed by atoms with Crippen molar-refractivity contribution in [2.45, 2.75) is 24.0 Å². The standard InChI is InChI=1S/C13H16N2O4S/c1-20-13(5-2-6-13)8-14-9-3-4-10(12(16)17)11(7-9)15(18)19/h3-4,7,14H,2,5-6,8H2,1H3,(H,16,17). The highest BCUT2D eigenvalue weighted by molar-refractivity contribution is 8.00. The molecule has 6 nitrogen and oxygen atoms in total. The number of nitro groups is 1. The van der Waals surface area contributed by atoms with Gasteiger partial charge >= 0.3 is 5.97 Å². The summed E-state index contributed by atoms with van der Waals surface area (Å²) >= 11 is 1.81. The molecule has 0 aliphatic heterocycles. The van der Waals surface area contributed by atoms with Crippen LogP contribution in [0.3, 0.4) is 0 Å². The summed E-state index contributed by atoms with van der Waals surface area (Å²) in [5, 5.41) is 23.0. The normalized spacial score (nSPS) is 16.2. The summed E-state index contributed by atoms with van der Waals surface area (Å²) in [6, 6.07) is 4.13. The van der Waals surface area contributed by atoms with E-state index in [2.05, 4.69) is 11.6 Å². The van der Waals surface area contributed by atoms with Gasteiger partial charge in [-0.25, -0.2) is 4.79 Å². The molecule has 2 rings (SSSR count). The van der Waals surface area contributed by atoms with E-state index in [1.54, 1.807) is 17.8 Å². The van der Waals surface area contributed by atoms with Crippen molar-refractivity contribution >= 4 is 29.1 Å². The Hall–Kier alpha value is -1.76. The fourth-order valence-electron chi connectivity index (χ4n) is 2.26. The number of nitrogens with one attached hydrogen (secondary N) is 1. The number of aromatic carboxylic acids is 1. The molecule has 1 aromatic carbocycles. The predicted octanol–water partition coefficient (Wildman–Crippen LogP) is 2.99.